The van der Waals surface area contributed by atoms with Crippen molar-refractivity contribution in [3.63, 3.8) is 0 Å². The molecule has 0 fully saturated rings. The van der Waals surface area contributed by atoms with Crippen LogP contribution in [0, 0.1) is 0 Å². The predicted octanol–water partition coefficient (Wildman–Crippen LogP) is 0.990. The number of fused-ring (bicyclic) bond motifs is 1. The van der Waals surface area contributed by atoms with Crippen molar-refractivity contribution >= 4 is 11.6 Å². The third kappa shape index (κ3) is 2.44. The number of aromatic nitrogens is 2. The van der Waals surface area contributed by atoms with Crippen LogP contribution in [0.15, 0.2) is 29.1 Å². The second-order valence-corrected chi connectivity index (χ2v) is 3.94. The first-order chi connectivity index (χ1) is 9.20. The summed E-state index contributed by atoms with van der Waals surface area (Å²) in [5, 5.41) is 12.1. The molecule has 0 bridgehead atoms. The van der Waals surface area contributed by atoms with Crippen molar-refractivity contribution in [2.24, 2.45) is 0 Å². The number of nitrogens with zero attached hydrogens (tertiary/aromatic N) is 1. The molecule has 1 aromatic heterocycles. The van der Waals surface area contributed by atoms with Crippen LogP contribution in [-0.2, 0) is 0 Å². The predicted molar refractivity (Wildman–Crippen MR) is 67.2 cm³/mol. The minimum Gasteiger partial charge on any atom is -0.493 e. The lowest BCUT2D eigenvalue weighted by atomic mass is 10.2. The van der Waals surface area contributed by atoms with E-state index in [1.165, 1.54) is 0 Å². The van der Waals surface area contributed by atoms with Gasteiger partial charge in [-0.05, 0) is 12.1 Å². The number of hydrogen-bond donors (Lipinski definition) is 3. The van der Waals surface area contributed by atoms with Gasteiger partial charge in [0.25, 0.3) is 5.56 Å². The Morgan fingerprint density at radius 1 is 1.21 bits per heavy atom. The Hall–Kier alpha value is -2.70. The van der Waals surface area contributed by atoms with Gasteiger partial charge in [-0.3, -0.25) is 9.78 Å². The first-order valence-electron chi connectivity index (χ1n) is 5.68. The van der Waals surface area contributed by atoms with Gasteiger partial charge in [0.05, 0.1) is 6.07 Å². The van der Waals surface area contributed by atoms with Crippen molar-refractivity contribution in [2.45, 2.75) is 0 Å². The smallest absolute Gasteiger partial charge is 0.256 e. The van der Waals surface area contributed by atoms with E-state index in [-0.39, 0.29) is 11.8 Å². The zero-order valence-corrected chi connectivity index (χ0v) is 9.84. The molecule has 1 aliphatic rings. The van der Waals surface area contributed by atoms with Gasteiger partial charge in [0, 0.05) is 11.8 Å². The second kappa shape index (κ2) is 4.52. The van der Waals surface area contributed by atoms with E-state index in [9.17, 15) is 9.90 Å². The van der Waals surface area contributed by atoms with Crippen molar-refractivity contribution < 1.29 is 14.6 Å². The number of anilines is 2. The maximum absolute atomic E-state index is 11.2. The summed E-state index contributed by atoms with van der Waals surface area (Å²) >= 11 is 0. The third-order valence-electron chi connectivity index (χ3n) is 2.53. The Morgan fingerprint density at radius 3 is 2.79 bits per heavy atom. The molecule has 3 rings (SSSR count). The van der Waals surface area contributed by atoms with Crippen molar-refractivity contribution in [3.8, 4) is 17.4 Å². The number of hydrogen-bond acceptors (Lipinski definition) is 6. The van der Waals surface area contributed by atoms with E-state index in [4.69, 9.17) is 9.47 Å². The maximum atomic E-state index is 11.2. The van der Waals surface area contributed by atoms with Crippen LogP contribution in [-0.4, -0.2) is 28.3 Å². The van der Waals surface area contributed by atoms with E-state index in [0.29, 0.717) is 30.4 Å². The molecule has 0 radical (unpaired) electrons. The van der Waals surface area contributed by atoms with Crippen LogP contribution in [0.5, 0.6) is 17.4 Å². The van der Waals surface area contributed by atoms with E-state index in [1.807, 2.05) is 0 Å². The van der Waals surface area contributed by atoms with Gasteiger partial charge in [-0.2, -0.15) is 4.98 Å². The summed E-state index contributed by atoms with van der Waals surface area (Å²) < 4.78 is 10.8. The summed E-state index contributed by atoms with van der Waals surface area (Å²) in [6.07, 6.45) is 0. The van der Waals surface area contributed by atoms with Gasteiger partial charge < -0.3 is 19.9 Å². The van der Waals surface area contributed by atoms with Crippen molar-refractivity contribution in [1.82, 2.24) is 9.97 Å². The zero-order valence-electron chi connectivity index (χ0n) is 9.84. The highest BCUT2D eigenvalue weighted by molar-refractivity contribution is 5.60. The van der Waals surface area contributed by atoms with Gasteiger partial charge in [0.2, 0.25) is 11.8 Å². The van der Waals surface area contributed by atoms with Gasteiger partial charge in [-0.15, -0.1) is 0 Å². The molecule has 0 aliphatic carbocycles. The summed E-state index contributed by atoms with van der Waals surface area (Å²) in [6.45, 7) is 1.03. The molecule has 0 atom stereocenters. The fraction of sp³-hybridized carbons (Fsp3) is 0.167. The molecule has 0 spiro atoms. The molecule has 0 saturated carbocycles. The van der Waals surface area contributed by atoms with Crippen LogP contribution < -0.4 is 20.3 Å². The van der Waals surface area contributed by atoms with Crippen LogP contribution in [0.4, 0.5) is 11.6 Å². The van der Waals surface area contributed by atoms with E-state index >= 15 is 0 Å². The monoisotopic (exact) mass is 261 g/mol. The molecular formula is C12H11N3O4. The number of aromatic amines is 1. The molecule has 98 valence electrons. The fourth-order valence-electron chi connectivity index (χ4n) is 1.76. The Kier molecular flexibility index (Phi) is 2.71. The van der Waals surface area contributed by atoms with Crippen molar-refractivity contribution in [3.05, 3.63) is 34.6 Å². The molecule has 1 aliphatic heterocycles. The summed E-state index contributed by atoms with van der Waals surface area (Å²) in [7, 11) is 0. The average molecular weight is 261 g/mol. The third-order valence-corrected chi connectivity index (χ3v) is 2.53. The first-order valence-corrected chi connectivity index (χ1v) is 5.68. The summed E-state index contributed by atoms with van der Waals surface area (Å²) in [4.78, 5) is 17.4. The number of rotatable bonds is 2. The lowest BCUT2D eigenvalue weighted by molar-refractivity contribution is 0.171. The standard InChI is InChI=1S/C12H11N3O4/c16-10-6-11(17)15-12(14-10)13-7-1-2-8-9(5-7)19-4-3-18-8/h1-2,5-6H,3-4H2,(H3,13,14,15,16,17). The number of benzene rings is 1. The lowest BCUT2D eigenvalue weighted by Crippen LogP contribution is -2.15. The SMILES string of the molecule is O=c1cc(O)nc(Nc2ccc3c(c2)OCCO3)[nH]1. The normalized spacial score (nSPS) is 13.1. The molecule has 1 aromatic carbocycles. The molecular weight excluding hydrogens is 250 g/mol. The molecule has 2 heterocycles. The lowest BCUT2D eigenvalue weighted by Gasteiger charge is -2.19. The number of ether oxygens (including phenoxy) is 2. The highest BCUT2D eigenvalue weighted by atomic mass is 16.6. The molecule has 2 aromatic rings. The largest absolute Gasteiger partial charge is 0.493 e. The second-order valence-electron chi connectivity index (χ2n) is 3.94. The van der Waals surface area contributed by atoms with E-state index in [1.54, 1.807) is 18.2 Å². The van der Waals surface area contributed by atoms with Crippen LogP contribution in [0.3, 0.4) is 0 Å². The summed E-state index contributed by atoms with van der Waals surface area (Å²) in [5.41, 5.74) is 0.227. The molecule has 7 nitrogen and oxygen atoms in total. The Balaban J connectivity index is 1.88. The fourth-order valence-corrected chi connectivity index (χ4v) is 1.76. The van der Waals surface area contributed by atoms with Gasteiger partial charge >= 0.3 is 0 Å². The van der Waals surface area contributed by atoms with Crippen LogP contribution in [0.25, 0.3) is 0 Å². The highest BCUT2D eigenvalue weighted by Crippen LogP contribution is 2.33. The number of aromatic hydroxyl groups is 1. The zero-order chi connectivity index (χ0) is 13.2. The average Bonchev–Trinajstić information content (AvgIpc) is 2.37. The van der Waals surface area contributed by atoms with Crippen LogP contribution in [0.2, 0.25) is 0 Å². The quantitative estimate of drug-likeness (QED) is 0.746. The Bertz CT molecular complexity index is 668. The molecule has 0 unspecified atom stereocenters. The Morgan fingerprint density at radius 2 is 2.00 bits per heavy atom. The minimum absolute atomic E-state index is 0.154. The highest BCUT2D eigenvalue weighted by Gasteiger charge is 2.12. The minimum atomic E-state index is -0.437. The van der Waals surface area contributed by atoms with Gasteiger partial charge in [-0.1, -0.05) is 0 Å². The molecule has 7 heteroatoms. The van der Waals surface area contributed by atoms with Crippen LogP contribution >= 0.6 is 0 Å². The van der Waals surface area contributed by atoms with Crippen molar-refractivity contribution in [2.75, 3.05) is 18.5 Å². The molecule has 0 amide bonds. The van der Waals surface area contributed by atoms with Gasteiger partial charge in [0.1, 0.15) is 13.2 Å². The van der Waals surface area contributed by atoms with Gasteiger partial charge in [-0.25, -0.2) is 0 Å². The summed E-state index contributed by atoms with van der Waals surface area (Å²) in [6, 6.07) is 6.25. The number of H-pyrrole nitrogens is 1. The summed E-state index contributed by atoms with van der Waals surface area (Å²) in [5.74, 6) is 1.11. The Labute approximate surface area is 107 Å². The van der Waals surface area contributed by atoms with E-state index in [0.717, 1.165) is 6.07 Å². The topological polar surface area (TPSA) is 96.5 Å². The van der Waals surface area contributed by atoms with Crippen LogP contribution in [0.1, 0.15) is 0 Å². The number of nitrogens with one attached hydrogen (secondary N) is 2. The molecule has 19 heavy (non-hydrogen) atoms. The van der Waals surface area contributed by atoms with E-state index < -0.39 is 5.56 Å². The first kappa shape index (κ1) is 11.4. The van der Waals surface area contributed by atoms with Gasteiger partial charge in [0.15, 0.2) is 11.5 Å². The maximum Gasteiger partial charge on any atom is 0.256 e. The molecule has 0 saturated heterocycles. The molecule has 3 N–H and O–H groups in total. The van der Waals surface area contributed by atoms with E-state index in [2.05, 4.69) is 15.3 Å². The van der Waals surface area contributed by atoms with Crippen molar-refractivity contribution in [1.29, 1.82) is 0 Å².